The quantitative estimate of drug-likeness (QED) is 0.419. The Kier molecular flexibility index (Phi) is 6.03. The zero-order valence-electron chi connectivity index (χ0n) is 20.0. The van der Waals surface area contributed by atoms with E-state index in [2.05, 4.69) is 50.9 Å². The minimum atomic E-state index is -0.391. The fourth-order valence-corrected chi connectivity index (χ4v) is 4.95. The zero-order valence-corrected chi connectivity index (χ0v) is 20.0. The molecule has 0 unspecified atom stereocenters. The first-order chi connectivity index (χ1) is 16.5. The molecular formula is C25H30FN7O. The number of nitrogens with one attached hydrogen (secondary N) is 1. The van der Waals surface area contributed by atoms with Crippen LogP contribution in [0, 0.1) is 5.95 Å². The highest BCUT2D eigenvalue weighted by Gasteiger charge is 2.25. The molecule has 1 aliphatic rings. The van der Waals surface area contributed by atoms with Gasteiger partial charge in [0.15, 0.2) is 11.4 Å². The molecule has 1 N–H and O–H groups in total. The molecule has 8 nitrogen and oxygen atoms in total. The van der Waals surface area contributed by atoms with Crippen molar-refractivity contribution >= 4 is 5.65 Å². The Morgan fingerprint density at radius 1 is 1.24 bits per heavy atom. The van der Waals surface area contributed by atoms with Crippen LogP contribution in [0.3, 0.4) is 0 Å². The van der Waals surface area contributed by atoms with Gasteiger partial charge in [0, 0.05) is 22.9 Å². The normalized spacial score (nSPS) is 15.5. The third-order valence-corrected chi connectivity index (χ3v) is 6.83. The number of H-pyrrole nitrogens is 1. The molecule has 9 heteroatoms. The Bertz CT molecular complexity index is 1300. The molecule has 1 aliphatic heterocycles. The van der Waals surface area contributed by atoms with Gasteiger partial charge >= 0.3 is 0 Å². The summed E-state index contributed by atoms with van der Waals surface area (Å²) in [6, 6.07) is 5.71. The lowest BCUT2D eigenvalue weighted by Crippen LogP contribution is -2.32. The van der Waals surface area contributed by atoms with E-state index in [9.17, 15) is 0 Å². The van der Waals surface area contributed by atoms with Gasteiger partial charge in [-0.1, -0.05) is 26.8 Å². The van der Waals surface area contributed by atoms with Gasteiger partial charge in [-0.05, 0) is 56.4 Å². The van der Waals surface area contributed by atoms with Crippen molar-refractivity contribution in [1.29, 1.82) is 0 Å². The number of ether oxygens (including phenoxy) is 1. The molecule has 0 spiro atoms. The molecule has 1 saturated heterocycles. The van der Waals surface area contributed by atoms with Crippen LogP contribution >= 0.6 is 0 Å². The first kappa shape index (κ1) is 22.5. The van der Waals surface area contributed by atoms with Gasteiger partial charge in [0.05, 0.1) is 18.5 Å². The lowest BCUT2D eigenvalue weighted by atomic mass is 9.89. The van der Waals surface area contributed by atoms with Crippen molar-refractivity contribution in [2.75, 3.05) is 26.7 Å². The number of hydrogen-bond donors (Lipinski definition) is 1. The summed E-state index contributed by atoms with van der Waals surface area (Å²) in [4.78, 5) is 11.0. The molecule has 0 aromatic carbocycles. The molecule has 4 aromatic rings. The standard InChI is InChI=1S/C25H30FN7O/c1-5-32-10-8-16(9-11-32)18-6-7-19(29-24(18)26)23-21(15(2)3)22(30-31-23)17-12-20(34-4)25-27-14-28-33(25)13-17/h6-7,12-16H,5,8-11H2,1-4H3,(H,30,31). The van der Waals surface area contributed by atoms with E-state index in [1.165, 1.54) is 6.33 Å². The van der Waals surface area contributed by atoms with Crippen molar-refractivity contribution in [3.05, 3.63) is 47.8 Å². The lowest BCUT2D eigenvalue weighted by molar-refractivity contribution is 0.220. The van der Waals surface area contributed by atoms with E-state index >= 15 is 4.39 Å². The van der Waals surface area contributed by atoms with Crippen LogP contribution in [-0.4, -0.2) is 61.4 Å². The van der Waals surface area contributed by atoms with Crippen molar-refractivity contribution in [1.82, 2.24) is 34.7 Å². The lowest BCUT2D eigenvalue weighted by Gasteiger charge is -2.31. The van der Waals surface area contributed by atoms with Crippen LogP contribution in [0.15, 0.2) is 30.7 Å². The fraction of sp³-hybridized carbons (Fsp3) is 0.440. The SMILES string of the molecule is CCN1CCC(c2ccc(-c3n[nH]c(-c4cc(OC)c5ncnn5c4)c3C(C)C)nc2F)CC1. The highest BCUT2D eigenvalue weighted by Crippen LogP contribution is 2.37. The molecule has 4 aromatic heterocycles. The average molecular weight is 464 g/mol. The second-order valence-electron chi connectivity index (χ2n) is 9.13. The minimum absolute atomic E-state index is 0.129. The van der Waals surface area contributed by atoms with E-state index < -0.39 is 5.95 Å². The molecule has 1 fully saturated rings. The second kappa shape index (κ2) is 9.13. The van der Waals surface area contributed by atoms with Gasteiger partial charge in [0.1, 0.15) is 12.0 Å². The van der Waals surface area contributed by atoms with Gasteiger partial charge in [-0.25, -0.2) is 14.5 Å². The Balaban J connectivity index is 1.52. The van der Waals surface area contributed by atoms with Crippen LogP contribution in [0.4, 0.5) is 4.39 Å². The van der Waals surface area contributed by atoms with Crippen molar-refractivity contribution in [2.45, 2.75) is 45.4 Å². The number of aromatic amines is 1. The van der Waals surface area contributed by atoms with Crippen LogP contribution in [0.5, 0.6) is 5.75 Å². The predicted octanol–water partition coefficient (Wildman–Crippen LogP) is 4.65. The Hall–Kier alpha value is -3.33. The van der Waals surface area contributed by atoms with Crippen LogP contribution in [0.2, 0.25) is 0 Å². The topological polar surface area (TPSA) is 84.2 Å². The average Bonchev–Trinajstić information content (AvgIpc) is 3.51. The number of fused-ring (bicyclic) bond motifs is 1. The van der Waals surface area contributed by atoms with Gasteiger partial charge in [0.25, 0.3) is 0 Å². The molecule has 34 heavy (non-hydrogen) atoms. The number of pyridine rings is 2. The first-order valence-corrected chi connectivity index (χ1v) is 11.8. The van der Waals surface area contributed by atoms with Crippen molar-refractivity contribution in [3.63, 3.8) is 0 Å². The van der Waals surface area contributed by atoms with Crippen LogP contribution in [-0.2, 0) is 0 Å². The summed E-state index contributed by atoms with van der Waals surface area (Å²) in [6.07, 6.45) is 5.29. The van der Waals surface area contributed by atoms with Gasteiger partial charge in [-0.2, -0.15) is 14.6 Å². The highest BCUT2D eigenvalue weighted by molar-refractivity contribution is 5.75. The van der Waals surface area contributed by atoms with Crippen LogP contribution < -0.4 is 4.74 Å². The Labute approximate surface area is 198 Å². The van der Waals surface area contributed by atoms with E-state index in [0.717, 1.165) is 49.3 Å². The van der Waals surface area contributed by atoms with Crippen molar-refractivity contribution < 1.29 is 9.13 Å². The molecule has 0 saturated carbocycles. The van der Waals surface area contributed by atoms with E-state index in [4.69, 9.17) is 4.74 Å². The van der Waals surface area contributed by atoms with Gasteiger partial charge in [0.2, 0.25) is 5.95 Å². The predicted molar refractivity (Wildman–Crippen MR) is 128 cm³/mol. The molecule has 0 radical (unpaired) electrons. The number of methoxy groups -OCH3 is 1. The van der Waals surface area contributed by atoms with Crippen molar-refractivity contribution in [2.24, 2.45) is 0 Å². The number of rotatable bonds is 6. The molecular weight excluding hydrogens is 433 g/mol. The number of halogens is 1. The molecule has 0 atom stereocenters. The van der Waals surface area contributed by atoms with E-state index in [1.807, 2.05) is 24.4 Å². The number of piperidine rings is 1. The van der Waals surface area contributed by atoms with Gasteiger partial charge < -0.3 is 9.64 Å². The monoisotopic (exact) mass is 463 g/mol. The number of nitrogens with zero attached hydrogens (tertiary/aromatic N) is 6. The second-order valence-corrected chi connectivity index (χ2v) is 9.13. The van der Waals surface area contributed by atoms with Gasteiger partial charge in [-0.3, -0.25) is 5.10 Å². The number of likely N-dealkylation sites (tertiary alicyclic amines) is 1. The van der Waals surface area contributed by atoms with E-state index in [0.29, 0.717) is 28.3 Å². The fourth-order valence-electron chi connectivity index (χ4n) is 4.95. The number of aromatic nitrogens is 6. The summed E-state index contributed by atoms with van der Waals surface area (Å²) >= 11 is 0. The number of hydrogen-bond acceptors (Lipinski definition) is 6. The van der Waals surface area contributed by atoms with Gasteiger partial charge in [-0.15, -0.1) is 0 Å². The Morgan fingerprint density at radius 2 is 2.03 bits per heavy atom. The van der Waals surface area contributed by atoms with Crippen LogP contribution in [0.25, 0.3) is 28.3 Å². The third-order valence-electron chi connectivity index (χ3n) is 6.83. The summed E-state index contributed by atoms with van der Waals surface area (Å²) in [5.41, 5.74) is 5.21. The molecule has 5 heterocycles. The largest absolute Gasteiger partial charge is 0.493 e. The summed E-state index contributed by atoms with van der Waals surface area (Å²) in [5, 5.41) is 12.0. The Morgan fingerprint density at radius 3 is 2.71 bits per heavy atom. The summed E-state index contributed by atoms with van der Waals surface area (Å²) in [7, 11) is 1.61. The maximum Gasteiger partial charge on any atom is 0.216 e. The molecule has 5 rings (SSSR count). The maximum atomic E-state index is 15.2. The smallest absolute Gasteiger partial charge is 0.216 e. The maximum absolute atomic E-state index is 15.2. The van der Waals surface area contributed by atoms with Crippen molar-refractivity contribution in [3.8, 4) is 28.4 Å². The first-order valence-electron chi connectivity index (χ1n) is 11.8. The van der Waals surface area contributed by atoms with E-state index in [-0.39, 0.29) is 11.8 Å². The van der Waals surface area contributed by atoms with E-state index in [1.54, 1.807) is 11.6 Å². The third kappa shape index (κ3) is 3.94. The summed E-state index contributed by atoms with van der Waals surface area (Å²) in [5.74, 6) is 0.565. The zero-order chi connectivity index (χ0) is 23.8. The van der Waals surface area contributed by atoms with Crippen LogP contribution in [0.1, 0.15) is 56.6 Å². The molecule has 0 bridgehead atoms. The summed E-state index contributed by atoms with van der Waals surface area (Å²) < 4.78 is 22.4. The highest BCUT2D eigenvalue weighted by atomic mass is 19.1. The summed E-state index contributed by atoms with van der Waals surface area (Å²) in [6.45, 7) is 9.40. The molecule has 178 valence electrons. The minimum Gasteiger partial charge on any atom is -0.493 e. The molecule has 0 aliphatic carbocycles. The molecule has 0 amide bonds.